The second-order valence-corrected chi connectivity index (χ2v) is 7.62. The first-order chi connectivity index (χ1) is 8.74. The van der Waals surface area contributed by atoms with Gasteiger partial charge in [-0.15, -0.1) is 11.3 Å². The molecule has 0 N–H and O–H groups in total. The van der Waals surface area contributed by atoms with Gasteiger partial charge >= 0.3 is 0 Å². The van der Waals surface area contributed by atoms with E-state index in [0.29, 0.717) is 5.25 Å². The zero-order chi connectivity index (χ0) is 12.3. The Bertz CT molecular complexity index is 701. The zero-order valence-electron chi connectivity index (χ0n) is 10.2. The predicted molar refractivity (Wildman–Crippen MR) is 75.8 cm³/mol. The predicted octanol–water partition coefficient (Wildman–Crippen LogP) is 2.83. The van der Waals surface area contributed by atoms with E-state index in [9.17, 15) is 4.79 Å². The molecule has 0 saturated heterocycles. The molecule has 1 aliphatic heterocycles. The highest BCUT2D eigenvalue weighted by molar-refractivity contribution is 7.99. The zero-order valence-corrected chi connectivity index (χ0v) is 11.9. The lowest BCUT2D eigenvalue weighted by molar-refractivity contribution is 0.628. The van der Waals surface area contributed by atoms with Crippen LogP contribution in [0.15, 0.2) is 9.95 Å². The number of hydrogen-bond donors (Lipinski definition) is 0. The highest BCUT2D eigenvalue weighted by Gasteiger charge is 2.26. The molecule has 0 spiro atoms. The lowest BCUT2D eigenvalue weighted by atomic mass is 9.97. The van der Waals surface area contributed by atoms with Gasteiger partial charge in [-0.3, -0.25) is 9.36 Å². The Morgan fingerprint density at radius 1 is 1.33 bits per heavy atom. The van der Waals surface area contributed by atoms with Crippen molar-refractivity contribution in [3.05, 3.63) is 20.8 Å². The van der Waals surface area contributed by atoms with Crippen LogP contribution >= 0.6 is 23.1 Å². The molecular weight excluding hydrogens is 264 g/mol. The summed E-state index contributed by atoms with van der Waals surface area (Å²) in [6.07, 6.45) is 4.67. The van der Waals surface area contributed by atoms with Crippen molar-refractivity contribution < 1.29 is 0 Å². The molecule has 1 aliphatic carbocycles. The number of hydrogen-bond acceptors (Lipinski definition) is 4. The Kier molecular flexibility index (Phi) is 2.36. The summed E-state index contributed by atoms with van der Waals surface area (Å²) in [4.78, 5) is 19.7. The lowest BCUT2D eigenvalue weighted by Crippen LogP contribution is -2.21. The van der Waals surface area contributed by atoms with Crippen molar-refractivity contribution in [1.82, 2.24) is 9.55 Å². The fraction of sp³-hybridized carbons (Fsp3) is 0.538. The number of aromatic nitrogens is 2. The molecule has 0 radical (unpaired) electrons. The molecule has 0 fully saturated rings. The van der Waals surface area contributed by atoms with Crippen LogP contribution in [0, 0.1) is 0 Å². The first-order valence-corrected chi connectivity index (χ1v) is 8.15. The van der Waals surface area contributed by atoms with E-state index in [4.69, 9.17) is 4.98 Å². The molecule has 3 heterocycles. The van der Waals surface area contributed by atoms with Gasteiger partial charge in [0.1, 0.15) is 4.83 Å². The molecule has 2 aromatic rings. The van der Waals surface area contributed by atoms with Gasteiger partial charge in [-0.25, -0.2) is 4.98 Å². The molecule has 2 aromatic heterocycles. The van der Waals surface area contributed by atoms with Crippen LogP contribution < -0.4 is 5.56 Å². The second kappa shape index (κ2) is 3.84. The molecule has 0 saturated carbocycles. The summed E-state index contributed by atoms with van der Waals surface area (Å²) in [6.45, 7) is 2.97. The molecule has 94 valence electrons. The Hall–Kier alpha value is -0.810. The normalized spacial score (nSPS) is 22.2. The Labute approximate surface area is 113 Å². The van der Waals surface area contributed by atoms with E-state index in [1.165, 1.54) is 23.3 Å². The lowest BCUT2D eigenvalue weighted by Gasteiger charge is -2.10. The highest BCUT2D eigenvalue weighted by Crippen LogP contribution is 2.36. The van der Waals surface area contributed by atoms with Crippen LogP contribution in [0.5, 0.6) is 0 Å². The molecule has 5 heteroatoms. The van der Waals surface area contributed by atoms with Crippen molar-refractivity contribution in [1.29, 1.82) is 0 Å². The Balaban J connectivity index is 2.06. The van der Waals surface area contributed by atoms with Crippen LogP contribution in [0.4, 0.5) is 0 Å². The average molecular weight is 278 g/mol. The van der Waals surface area contributed by atoms with Gasteiger partial charge < -0.3 is 0 Å². The largest absolute Gasteiger partial charge is 0.286 e. The van der Waals surface area contributed by atoms with Crippen molar-refractivity contribution in [2.24, 2.45) is 0 Å². The SMILES string of the molecule is C[C@@H]1Cn2c(nc3sc4c(c3c2=O)CCCC4)S1. The van der Waals surface area contributed by atoms with E-state index in [-0.39, 0.29) is 5.56 Å². The van der Waals surface area contributed by atoms with Gasteiger partial charge in [0.25, 0.3) is 5.56 Å². The Morgan fingerprint density at radius 3 is 3.06 bits per heavy atom. The van der Waals surface area contributed by atoms with E-state index in [1.54, 1.807) is 23.1 Å². The number of nitrogens with zero attached hydrogens (tertiary/aromatic N) is 2. The van der Waals surface area contributed by atoms with E-state index in [1.807, 2.05) is 4.57 Å². The third-order valence-corrected chi connectivity index (χ3v) is 6.05. The van der Waals surface area contributed by atoms with Crippen molar-refractivity contribution in [2.75, 3.05) is 0 Å². The number of aryl methyl sites for hydroxylation is 2. The van der Waals surface area contributed by atoms with Crippen LogP contribution in [-0.2, 0) is 19.4 Å². The minimum atomic E-state index is 0.200. The van der Waals surface area contributed by atoms with Crippen molar-refractivity contribution in [3.63, 3.8) is 0 Å². The molecule has 4 rings (SSSR count). The van der Waals surface area contributed by atoms with E-state index in [2.05, 4.69) is 6.92 Å². The molecule has 3 nitrogen and oxygen atoms in total. The molecular formula is C13H14N2OS2. The van der Waals surface area contributed by atoms with Crippen LogP contribution in [-0.4, -0.2) is 14.8 Å². The topological polar surface area (TPSA) is 34.9 Å². The number of thiophene rings is 1. The number of fused-ring (bicyclic) bond motifs is 4. The fourth-order valence-electron chi connectivity index (χ4n) is 2.95. The number of thioether (sulfide) groups is 1. The fourth-order valence-corrected chi connectivity index (χ4v) is 5.27. The summed E-state index contributed by atoms with van der Waals surface area (Å²) in [5, 5.41) is 2.31. The number of rotatable bonds is 0. The molecule has 2 aliphatic rings. The van der Waals surface area contributed by atoms with Gasteiger partial charge in [0.05, 0.1) is 5.39 Å². The summed E-state index contributed by atoms with van der Waals surface area (Å²) >= 11 is 3.47. The summed E-state index contributed by atoms with van der Waals surface area (Å²) in [6, 6.07) is 0. The molecule has 0 aromatic carbocycles. The maximum absolute atomic E-state index is 12.6. The molecule has 18 heavy (non-hydrogen) atoms. The van der Waals surface area contributed by atoms with Crippen molar-refractivity contribution in [3.8, 4) is 0 Å². The van der Waals surface area contributed by atoms with Crippen LogP contribution in [0.3, 0.4) is 0 Å². The molecule has 0 amide bonds. The summed E-state index contributed by atoms with van der Waals surface area (Å²) < 4.78 is 1.87. The van der Waals surface area contributed by atoms with Gasteiger partial charge in [0.15, 0.2) is 5.16 Å². The third-order valence-electron chi connectivity index (χ3n) is 3.79. The monoisotopic (exact) mass is 278 g/mol. The van der Waals surface area contributed by atoms with Gasteiger partial charge in [0.2, 0.25) is 0 Å². The van der Waals surface area contributed by atoms with Crippen LogP contribution in [0.1, 0.15) is 30.2 Å². The highest BCUT2D eigenvalue weighted by atomic mass is 32.2. The van der Waals surface area contributed by atoms with Crippen molar-refractivity contribution in [2.45, 2.75) is 49.6 Å². The van der Waals surface area contributed by atoms with Gasteiger partial charge in [-0.1, -0.05) is 18.7 Å². The average Bonchev–Trinajstić information content (AvgIpc) is 2.89. The smallest absolute Gasteiger partial charge is 0.263 e. The summed E-state index contributed by atoms with van der Waals surface area (Å²) in [7, 11) is 0. The van der Waals surface area contributed by atoms with Crippen molar-refractivity contribution >= 4 is 33.3 Å². The van der Waals surface area contributed by atoms with Crippen LogP contribution in [0.2, 0.25) is 0 Å². The summed E-state index contributed by atoms with van der Waals surface area (Å²) in [5.74, 6) is 0. The molecule has 1 atom stereocenters. The van der Waals surface area contributed by atoms with E-state index < -0.39 is 0 Å². The Morgan fingerprint density at radius 2 is 2.17 bits per heavy atom. The third kappa shape index (κ3) is 1.43. The van der Waals surface area contributed by atoms with Crippen LogP contribution in [0.25, 0.3) is 10.2 Å². The summed E-state index contributed by atoms with van der Waals surface area (Å²) in [5.41, 5.74) is 1.50. The standard InChI is InChI=1S/C13H14N2OS2/c1-7-6-15-12(16)10-8-4-2-3-5-9(8)18-11(10)14-13(15)17-7/h7H,2-6H2,1H3/t7-/m1/s1. The first-order valence-electron chi connectivity index (χ1n) is 6.46. The quantitative estimate of drug-likeness (QED) is 0.695. The minimum absolute atomic E-state index is 0.200. The maximum Gasteiger partial charge on any atom is 0.263 e. The molecule has 0 bridgehead atoms. The van der Waals surface area contributed by atoms with Gasteiger partial charge in [-0.05, 0) is 31.2 Å². The van der Waals surface area contributed by atoms with E-state index >= 15 is 0 Å². The maximum atomic E-state index is 12.6. The second-order valence-electron chi connectivity index (χ2n) is 5.13. The van der Waals surface area contributed by atoms with Gasteiger partial charge in [-0.2, -0.15) is 0 Å². The molecule has 0 unspecified atom stereocenters. The minimum Gasteiger partial charge on any atom is -0.286 e. The van der Waals surface area contributed by atoms with E-state index in [0.717, 1.165) is 34.8 Å². The van der Waals surface area contributed by atoms with Gasteiger partial charge in [0, 0.05) is 16.7 Å². The first kappa shape index (κ1) is 11.1.